The smallest absolute Gasteiger partial charge is 0.235 e. The molecule has 0 aliphatic heterocycles. The van der Waals surface area contributed by atoms with Crippen LogP contribution in [-0.4, -0.2) is 21.9 Å². The molecular weight excluding hydrogens is 366 g/mol. The van der Waals surface area contributed by atoms with Gasteiger partial charge in [-0.15, -0.1) is 21.5 Å². The van der Waals surface area contributed by atoms with Crippen LogP contribution in [0.25, 0.3) is 0 Å². The van der Waals surface area contributed by atoms with Gasteiger partial charge >= 0.3 is 0 Å². The van der Waals surface area contributed by atoms with Gasteiger partial charge in [0.2, 0.25) is 11.0 Å². The summed E-state index contributed by atoms with van der Waals surface area (Å²) >= 11 is 4.00. The number of nitriles is 1. The molecule has 0 spiro atoms. The topological polar surface area (TPSA) is 104 Å². The van der Waals surface area contributed by atoms with Gasteiger partial charge in [0.05, 0.1) is 24.1 Å². The minimum atomic E-state index is -0.181. The van der Waals surface area contributed by atoms with Crippen molar-refractivity contribution in [3.63, 3.8) is 0 Å². The second kappa shape index (κ2) is 7.96. The van der Waals surface area contributed by atoms with E-state index in [1.807, 2.05) is 18.2 Å². The number of thiophene rings is 1. The Kier molecular flexibility index (Phi) is 5.47. The summed E-state index contributed by atoms with van der Waals surface area (Å²) < 4.78 is 5.92. The van der Waals surface area contributed by atoms with Crippen LogP contribution in [0.3, 0.4) is 0 Å². The molecule has 0 fully saturated rings. The second-order valence-electron chi connectivity index (χ2n) is 4.42. The standard InChI is InChI=1S/C14H11N5O2S3/c15-6-9-3-5-22-12(9)17-11(20)8-23-14-19-18-13(24-14)16-7-10-2-1-4-21-10/h1-5H,7-8H2,(H,16,18)(H,17,20). The summed E-state index contributed by atoms with van der Waals surface area (Å²) in [5, 5.41) is 25.8. The van der Waals surface area contributed by atoms with E-state index in [2.05, 4.69) is 20.8 Å². The van der Waals surface area contributed by atoms with Gasteiger partial charge in [0.25, 0.3) is 0 Å². The number of aromatic nitrogens is 2. The number of thioether (sulfide) groups is 1. The first-order valence-corrected chi connectivity index (χ1v) is 9.43. The summed E-state index contributed by atoms with van der Waals surface area (Å²) in [5.41, 5.74) is 0.471. The van der Waals surface area contributed by atoms with Crippen LogP contribution in [0.2, 0.25) is 0 Å². The van der Waals surface area contributed by atoms with E-state index in [0.29, 0.717) is 26.6 Å². The van der Waals surface area contributed by atoms with Gasteiger partial charge in [-0.1, -0.05) is 23.1 Å². The van der Waals surface area contributed by atoms with E-state index in [9.17, 15) is 4.79 Å². The molecule has 0 atom stereocenters. The van der Waals surface area contributed by atoms with E-state index in [-0.39, 0.29) is 11.7 Å². The summed E-state index contributed by atoms with van der Waals surface area (Å²) in [5.74, 6) is 0.831. The van der Waals surface area contributed by atoms with Crippen LogP contribution in [0.1, 0.15) is 11.3 Å². The number of hydrogen-bond acceptors (Lipinski definition) is 9. The predicted octanol–water partition coefficient (Wildman–Crippen LogP) is 3.41. The number of amides is 1. The van der Waals surface area contributed by atoms with Crippen LogP contribution >= 0.6 is 34.4 Å². The van der Waals surface area contributed by atoms with E-state index in [1.54, 1.807) is 17.7 Å². The highest BCUT2D eigenvalue weighted by molar-refractivity contribution is 8.01. The second-order valence-corrected chi connectivity index (χ2v) is 7.53. The molecule has 3 aromatic rings. The summed E-state index contributed by atoms with van der Waals surface area (Å²) in [6.45, 7) is 0.530. The lowest BCUT2D eigenvalue weighted by Gasteiger charge is -2.01. The number of nitrogens with one attached hydrogen (secondary N) is 2. The Morgan fingerprint density at radius 2 is 2.33 bits per heavy atom. The minimum Gasteiger partial charge on any atom is -0.467 e. The lowest BCUT2D eigenvalue weighted by Crippen LogP contribution is -2.13. The minimum absolute atomic E-state index is 0.181. The van der Waals surface area contributed by atoms with Gasteiger partial charge in [-0.25, -0.2) is 0 Å². The van der Waals surface area contributed by atoms with Gasteiger partial charge in [0, 0.05) is 0 Å². The molecule has 122 valence electrons. The first-order valence-electron chi connectivity index (χ1n) is 6.74. The van der Waals surface area contributed by atoms with Gasteiger partial charge in [0.1, 0.15) is 16.8 Å². The molecule has 0 aliphatic rings. The number of carbonyl (C=O) groups excluding carboxylic acids is 1. The van der Waals surface area contributed by atoms with E-state index < -0.39 is 0 Å². The van der Waals surface area contributed by atoms with Gasteiger partial charge in [0.15, 0.2) is 4.34 Å². The van der Waals surface area contributed by atoms with Crippen molar-refractivity contribution in [3.8, 4) is 6.07 Å². The maximum atomic E-state index is 11.9. The molecule has 24 heavy (non-hydrogen) atoms. The molecule has 3 aromatic heterocycles. The molecule has 0 aliphatic carbocycles. The van der Waals surface area contributed by atoms with Crippen molar-refractivity contribution >= 4 is 50.5 Å². The summed E-state index contributed by atoms with van der Waals surface area (Å²) in [6.07, 6.45) is 1.61. The Bertz CT molecular complexity index is 850. The zero-order chi connectivity index (χ0) is 16.8. The third-order valence-corrected chi connectivity index (χ3v) is 5.61. The molecule has 0 aromatic carbocycles. The number of carbonyl (C=O) groups is 1. The highest BCUT2D eigenvalue weighted by Gasteiger charge is 2.11. The molecule has 3 rings (SSSR count). The zero-order valence-electron chi connectivity index (χ0n) is 12.2. The predicted molar refractivity (Wildman–Crippen MR) is 94.3 cm³/mol. The molecule has 0 radical (unpaired) electrons. The highest BCUT2D eigenvalue weighted by Crippen LogP contribution is 2.27. The van der Waals surface area contributed by atoms with Crippen LogP contribution < -0.4 is 10.6 Å². The summed E-state index contributed by atoms with van der Waals surface area (Å²) in [4.78, 5) is 11.9. The SMILES string of the molecule is N#Cc1ccsc1NC(=O)CSc1nnc(NCc2ccco2)s1. The lowest BCUT2D eigenvalue weighted by molar-refractivity contribution is -0.113. The van der Waals surface area contributed by atoms with Crippen molar-refractivity contribution in [3.05, 3.63) is 41.2 Å². The van der Waals surface area contributed by atoms with Crippen LogP contribution in [0.4, 0.5) is 10.1 Å². The lowest BCUT2D eigenvalue weighted by atomic mass is 10.3. The molecule has 1 amide bonds. The largest absolute Gasteiger partial charge is 0.467 e. The molecule has 10 heteroatoms. The van der Waals surface area contributed by atoms with Crippen molar-refractivity contribution in [2.45, 2.75) is 10.9 Å². The van der Waals surface area contributed by atoms with Crippen LogP contribution in [0.15, 0.2) is 38.6 Å². The van der Waals surface area contributed by atoms with Crippen molar-refractivity contribution < 1.29 is 9.21 Å². The van der Waals surface area contributed by atoms with Crippen molar-refractivity contribution in [1.29, 1.82) is 5.26 Å². The van der Waals surface area contributed by atoms with E-state index in [1.165, 1.54) is 34.4 Å². The maximum absolute atomic E-state index is 11.9. The van der Waals surface area contributed by atoms with Crippen molar-refractivity contribution in [1.82, 2.24) is 10.2 Å². The molecule has 0 unspecified atom stereocenters. The Morgan fingerprint density at radius 3 is 3.12 bits per heavy atom. The molecule has 0 bridgehead atoms. The van der Waals surface area contributed by atoms with Crippen LogP contribution in [0, 0.1) is 11.3 Å². The number of anilines is 2. The van der Waals surface area contributed by atoms with Gasteiger partial charge in [-0.05, 0) is 23.6 Å². The molecule has 0 saturated heterocycles. The summed E-state index contributed by atoms with van der Waals surface area (Å²) in [6, 6.07) is 7.40. The van der Waals surface area contributed by atoms with Crippen LogP contribution in [0.5, 0.6) is 0 Å². The average molecular weight is 377 g/mol. The normalized spacial score (nSPS) is 10.3. The molecule has 7 nitrogen and oxygen atoms in total. The van der Waals surface area contributed by atoms with E-state index in [0.717, 1.165) is 5.76 Å². The number of rotatable bonds is 7. The Labute approximate surface area is 149 Å². The molecular formula is C14H11N5O2S3. The Morgan fingerprint density at radius 1 is 1.42 bits per heavy atom. The third-order valence-electron chi connectivity index (χ3n) is 2.77. The fraction of sp³-hybridized carbons (Fsp3) is 0.143. The third kappa shape index (κ3) is 4.35. The molecule has 3 heterocycles. The van der Waals surface area contributed by atoms with Crippen molar-refractivity contribution in [2.75, 3.05) is 16.4 Å². The Hall–Kier alpha value is -2.35. The highest BCUT2D eigenvalue weighted by atomic mass is 32.2. The molecule has 0 saturated carbocycles. The fourth-order valence-corrected chi connectivity index (χ4v) is 4.00. The van der Waals surface area contributed by atoms with Crippen LogP contribution in [-0.2, 0) is 11.3 Å². The number of furan rings is 1. The maximum Gasteiger partial charge on any atom is 0.235 e. The fourth-order valence-electron chi connectivity index (χ4n) is 1.70. The Balaban J connectivity index is 1.46. The van der Waals surface area contributed by atoms with E-state index in [4.69, 9.17) is 9.68 Å². The number of hydrogen-bond donors (Lipinski definition) is 2. The van der Waals surface area contributed by atoms with Gasteiger partial charge in [-0.3, -0.25) is 4.79 Å². The first kappa shape index (κ1) is 16.5. The van der Waals surface area contributed by atoms with Gasteiger partial charge < -0.3 is 15.1 Å². The number of nitrogens with zero attached hydrogens (tertiary/aromatic N) is 3. The summed E-state index contributed by atoms with van der Waals surface area (Å²) in [7, 11) is 0. The van der Waals surface area contributed by atoms with Gasteiger partial charge in [-0.2, -0.15) is 5.26 Å². The van der Waals surface area contributed by atoms with E-state index >= 15 is 0 Å². The van der Waals surface area contributed by atoms with Crippen molar-refractivity contribution in [2.24, 2.45) is 0 Å². The average Bonchev–Trinajstić information content (AvgIpc) is 3.32. The first-order chi connectivity index (χ1) is 11.7. The molecule has 2 N–H and O–H groups in total. The quantitative estimate of drug-likeness (QED) is 0.608. The monoisotopic (exact) mass is 377 g/mol. The zero-order valence-corrected chi connectivity index (χ0v) is 14.6.